The molecule has 0 saturated carbocycles. The van der Waals surface area contributed by atoms with Crippen molar-refractivity contribution in [3.63, 3.8) is 0 Å². The highest BCUT2D eigenvalue weighted by Gasteiger charge is 2.30. The molecule has 2 aliphatic rings. The Morgan fingerprint density at radius 1 is 1.20 bits per heavy atom. The second-order valence-corrected chi connectivity index (χ2v) is 6.51. The van der Waals surface area contributed by atoms with E-state index in [0.717, 1.165) is 64.9 Å². The van der Waals surface area contributed by atoms with Gasteiger partial charge in [-0.3, -0.25) is 9.89 Å². The van der Waals surface area contributed by atoms with Crippen molar-refractivity contribution >= 4 is 29.9 Å². The number of guanidine groups is 1. The minimum Gasteiger partial charge on any atom is -0.379 e. The molecule has 25 heavy (non-hydrogen) atoms. The molecule has 0 radical (unpaired) electrons. The van der Waals surface area contributed by atoms with Crippen LogP contribution in [0.1, 0.15) is 18.9 Å². The maximum Gasteiger partial charge on any atom is 0.193 e. The van der Waals surface area contributed by atoms with E-state index in [1.165, 1.54) is 12.0 Å². The van der Waals surface area contributed by atoms with Gasteiger partial charge in [0.05, 0.1) is 13.2 Å². The first-order valence-electron chi connectivity index (χ1n) is 9.26. The largest absolute Gasteiger partial charge is 0.379 e. The van der Waals surface area contributed by atoms with E-state index in [1.807, 2.05) is 0 Å². The maximum absolute atomic E-state index is 5.48. The van der Waals surface area contributed by atoms with Crippen LogP contribution in [0.15, 0.2) is 35.3 Å². The van der Waals surface area contributed by atoms with Crippen LogP contribution in [0.3, 0.4) is 0 Å². The predicted octanol–water partition coefficient (Wildman–Crippen LogP) is 2.22. The molecule has 0 spiro atoms. The van der Waals surface area contributed by atoms with Crippen LogP contribution in [0.4, 0.5) is 0 Å². The smallest absolute Gasteiger partial charge is 0.193 e. The van der Waals surface area contributed by atoms with Crippen LogP contribution < -0.4 is 5.32 Å². The van der Waals surface area contributed by atoms with E-state index >= 15 is 0 Å². The van der Waals surface area contributed by atoms with E-state index in [-0.39, 0.29) is 24.0 Å². The molecule has 2 saturated heterocycles. The molecule has 6 heteroatoms. The van der Waals surface area contributed by atoms with Gasteiger partial charge >= 0.3 is 0 Å². The second-order valence-electron chi connectivity index (χ2n) is 6.51. The fourth-order valence-corrected chi connectivity index (χ4v) is 3.54. The lowest BCUT2D eigenvalue weighted by atomic mass is 10.2. The highest BCUT2D eigenvalue weighted by Crippen LogP contribution is 2.17. The standard InChI is InChI=1S/C19H30N4O.HI/c1-2-20-19(21-10-8-17-6-4-3-5-7-17)23-11-9-18(16-23)22-12-14-24-15-13-22;/h3-7,18H,2,8-16H2,1H3,(H,20,21);1H. The Hall–Kier alpha value is -0.860. The molecule has 2 aliphatic heterocycles. The summed E-state index contributed by atoms with van der Waals surface area (Å²) >= 11 is 0. The number of halogens is 1. The van der Waals surface area contributed by atoms with Crippen LogP contribution in [0.2, 0.25) is 0 Å². The van der Waals surface area contributed by atoms with Gasteiger partial charge in [-0.25, -0.2) is 0 Å². The van der Waals surface area contributed by atoms with Crippen LogP contribution in [0.25, 0.3) is 0 Å². The van der Waals surface area contributed by atoms with Gasteiger partial charge in [-0.05, 0) is 25.3 Å². The number of rotatable bonds is 5. The molecule has 0 aliphatic carbocycles. The van der Waals surface area contributed by atoms with Gasteiger partial charge in [-0.2, -0.15) is 0 Å². The van der Waals surface area contributed by atoms with Gasteiger partial charge in [-0.1, -0.05) is 30.3 Å². The third kappa shape index (κ3) is 6.11. The van der Waals surface area contributed by atoms with E-state index in [1.54, 1.807) is 0 Å². The highest BCUT2D eigenvalue weighted by molar-refractivity contribution is 14.0. The van der Waals surface area contributed by atoms with Crippen molar-refractivity contribution in [3.05, 3.63) is 35.9 Å². The molecule has 1 aromatic rings. The summed E-state index contributed by atoms with van der Waals surface area (Å²) in [6.07, 6.45) is 2.22. The van der Waals surface area contributed by atoms with Crippen LogP contribution in [-0.4, -0.2) is 74.3 Å². The third-order valence-electron chi connectivity index (χ3n) is 4.86. The summed E-state index contributed by atoms with van der Waals surface area (Å²) in [5, 5.41) is 3.47. The fraction of sp³-hybridized carbons (Fsp3) is 0.632. The molecule has 2 fully saturated rings. The maximum atomic E-state index is 5.48. The molecule has 2 heterocycles. The zero-order valence-electron chi connectivity index (χ0n) is 15.2. The zero-order chi connectivity index (χ0) is 16.6. The molecule has 3 rings (SSSR count). The number of nitrogens with one attached hydrogen (secondary N) is 1. The summed E-state index contributed by atoms with van der Waals surface area (Å²) in [7, 11) is 0. The quantitative estimate of drug-likeness (QED) is 0.418. The summed E-state index contributed by atoms with van der Waals surface area (Å²) in [5.41, 5.74) is 1.35. The molecule has 1 unspecified atom stereocenters. The summed E-state index contributed by atoms with van der Waals surface area (Å²) in [5.74, 6) is 1.07. The number of aliphatic imine (C=N–C) groups is 1. The van der Waals surface area contributed by atoms with E-state index in [0.29, 0.717) is 6.04 Å². The molecule has 5 nitrogen and oxygen atoms in total. The molecular formula is C19H31IN4O. The summed E-state index contributed by atoms with van der Waals surface area (Å²) in [6.45, 7) is 9.97. The monoisotopic (exact) mass is 458 g/mol. The fourth-order valence-electron chi connectivity index (χ4n) is 3.54. The first-order valence-corrected chi connectivity index (χ1v) is 9.26. The van der Waals surface area contributed by atoms with Gasteiger partial charge in [0.25, 0.3) is 0 Å². The normalized spacial score (nSPS) is 21.9. The van der Waals surface area contributed by atoms with Crippen molar-refractivity contribution < 1.29 is 4.74 Å². The molecular weight excluding hydrogens is 427 g/mol. The average molecular weight is 458 g/mol. The van der Waals surface area contributed by atoms with Crippen molar-refractivity contribution in [2.24, 2.45) is 4.99 Å². The van der Waals surface area contributed by atoms with Gasteiger partial charge in [0.2, 0.25) is 0 Å². The molecule has 0 amide bonds. The lowest BCUT2D eigenvalue weighted by Gasteiger charge is -2.32. The molecule has 0 bridgehead atoms. The number of nitrogens with zero attached hydrogens (tertiary/aromatic N) is 3. The first-order chi connectivity index (χ1) is 11.9. The summed E-state index contributed by atoms with van der Waals surface area (Å²) in [6, 6.07) is 11.2. The van der Waals surface area contributed by atoms with Crippen molar-refractivity contribution in [2.75, 3.05) is 52.5 Å². The molecule has 0 aromatic heterocycles. The highest BCUT2D eigenvalue weighted by atomic mass is 127. The zero-order valence-corrected chi connectivity index (χ0v) is 17.5. The topological polar surface area (TPSA) is 40.1 Å². The predicted molar refractivity (Wildman–Crippen MR) is 114 cm³/mol. The number of benzene rings is 1. The van der Waals surface area contributed by atoms with E-state index in [9.17, 15) is 0 Å². The van der Waals surface area contributed by atoms with E-state index in [2.05, 4.69) is 52.4 Å². The van der Waals surface area contributed by atoms with E-state index < -0.39 is 0 Å². The van der Waals surface area contributed by atoms with Crippen LogP contribution in [-0.2, 0) is 11.2 Å². The van der Waals surface area contributed by atoms with Gasteiger partial charge in [0, 0.05) is 45.3 Å². The summed E-state index contributed by atoms with van der Waals surface area (Å²) < 4.78 is 5.48. The van der Waals surface area contributed by atoms with Crippen molar-refractivity contribution in [2.45, 2.75) is 25.8 Å². The Bertz CT molecular complexity index is 519. The van der Waals surface area contributed by atoms with Crippen molar-refractivity contribution in [1.82, 2.24) is 15.1 Å². The van der Waals surface area contributed by atoms with Crippen LogP contribution >= 0.6 is 24.0 Å². The third-order valence-corrected chi connectivity index (χ3v) is 4.86. The lowest BCUT2D eigenvalue weighted by Crippen LogP contribution is -2.46. The Labute approximate surface area is 168 Å². The number of hydrogen-bond acceptors (Lipinski definition) is 3. The lowest BCUT2D eigenvalue weighted by molar-refractivity contribution is 0.0195. The molecule has 1 atom stereocenters. The minimum atomic E-state index is 0. The van der Waals surface area contributed by atoms with E-state index in [4.69, 9.17) is 9.73 Å². The van der Waals surface area contributed by atoms with Gasteiger partial charge in [0.15, 0.2) is 5.96 Å². The Morgan fingerprint density at radius 2 is 1.96 bits per heavy atom. The Morgan fingerprint density at radius 3 is 2.68 bits per heavy atom. The van der Waals surface area contributed by atoms with Crippen molar-refractivity contribution in [3.8, 4) is 0 Å². The number of hydrogen-bond donors (Lipinski definition) is 1. The average Bonchev–Trinajstić information content (AvgIpc) is 3.13. The minimum absolute atomic E-state index is 0. The number of ether oxygens (including phenoxy) is 1. The van der Waals surface area contributed by atoms with Crippen LogP contribution in [0, 0.1) is 0 Å². The van der Waals surface area contributed by atoms with Crippen LogP contribution in [0.5, 0.6) is 0 Å². The van der Waals surface area contributed by atoms with Gasteiger partial charge in [0.1, 0.15) is 0 Å². The molecule has 1 N–H and O–H groups in total. The van der Waals surface area contributed by atoms with Gasteiger partial charge < -0.3 is 15.0 Å². The first kappa shape index (κ1) is 20.5. The molecule has 140 valence electrons. The summed E-state index contributed by atoms with van der Waals surface area (Å²) in [4.78, 5) is 9.86. The van der Waals surface area contributed by atoms with Crippen molar-refractivity contribution in [1.29, 1.82) is 0 Å². The second kappa shape index (κ2) is 11.0. The number of morpholine rings is 1. The van der Waals surface area contributed by atoms with Gasteiger partial charge in [-0.15, -0.1) is 24.0 Å². The number of likely N-dealkylation sites (tertiary alicyclic amines) is 1. The SMILES string of the molecule is CCNC(=NCCc1ccccc1)N1CCC(N2CCOCC2)C1.I. The Kier molecular flexibility index (Phi) is 8.98. The Balaban J connectivity index is 0.00000225. The molecule has 1 aromatic carbocycles.